The van der Waals surface area contributed by atoms with Gasteiger partial charge in [-0.15, -0.1) is 0 Å². The number of fused-ring (bicyclic) bond motifs is 1. The Balaban J connectivity index is 1.57. The van der Waals surface area contributed by atoms with Gasteiger partial charge in [0.25, 0.3) is 0 Å². The number of hydrazine groups is 1. The number of likely N-dealkylation sites (N-methyl/N-ethyl adjacent to an activating group) is 1. The molecule has 5 atom stereocenters. The van der Waals surface area contributed by atoms with E-state index in [4.69, 9.17) is 11.6 Å². The molecule has 40 heavy (non-hydrogen) atoms. The fourth-order valence-electron chi connectivity index (χ4n) is 5.88. The highest BCUT2D eigenvalue weighted by Gasteiger charge is 2.54. The number of hydrogen-bond acceptors (Lipinski definition) is 7. The van der Waals surface area contributed by atoms with Crippen LogP contribution in [0, 0.1) is 23.1 Å². The molecule has 1 aromatic carbocycles. The molecular formula is C29H44FN7O3. The molecular weight excluding hydrogens is 513 g/mol. The summed E-state index contributed by atoms with van der Waals surface area (Å²) in [6.45, 7) is 8.93. The van der Waals surface area contributed by atoms with Crippen molar-refractivity contribution in [3.8, 4) is 0 Å². The molecule has 2 heterocycles. The van der Waals surface area contributed by atoms with E-state index in [9.17, 15) is 18.8 Å². The minimum absolute atomic E-state index is 0.0665. The summed E-state index contributed by atoms with van der Waals surface area (Å²) in [5.41, 5.74) is 6.74. The lowest BCUT2D eigenvalue weighted by Gasteiger charge is -2.37. The first kappa shape index (κ1) is 29.8. The molecule has 0 aromatic heterocycles. The first-order chi connectivity index (χ1) is 18.8. The van der Waals surface area contributed by atoms with Crippen LogP contribution in [0.4, 0.5) is 4.39 Å². The van der Waals surface area contributed by atoms with Crippen molar-refractivity contribution in [1.82, 2.24) is 25.4 Å². The van der Waals surface area contributed by atoms with Crippen molar-refractivity contribution >= 4 is 23.4 Å². The van der Waals surface area contributed by atoms with Gasteiger partial charge in [-0.3, -0.25) is 14.4 Å². The van der Waals surface area contributed by atoms with E-state index < -0.39 is 17.5 Å². The Morgan fingerprint density at radius 3 is 2.38 bits per heavy atom. The maximum absolute atomic E-state index is 14.1. The van der Waals surface area contributed by atoms with Crippen LogP contribution in [-0.2, 0) is 14.4 Å². The Bertz CT molecular complexity index is 1130. The molecule has 1 aromatic rings. The molecule has 3 fully saturated rings. The van der Waals surface area contributed by atoms with Gasteiger partial charge >= 0.3 is 0 Å². The second-order valence-corrected chi connectivity index (χ2v) is 12.5. The molecule has 1 saturated carbocycles. The quantitative estimate of drug-likeness (QED) is 0.265. The summed E-state index contributed by atoms with van der Waals surface area (Å²) in [5, 5.41) is 7.39. The minimum atomic E-state index is -0.730. The fraction of sp³-hybridized carbons (Fsp3) is 0.621. The summed E-state index contributed by atoms with van der Waals surface area (Å²) in [4.78, 5) is 44.0. The number of nitrogens with zero attached hydrogens (tertiary/aromatic N) is 3. The van der Waals surface area contributed by atoms with E-state index in [0.717, 1.165) is 12.8 Å². The zero-order chi connectivity index (χ0) is 29.4. The number of halogens is 1. The first-order valence-electron chi connectivity index (χ1n) is 14.1. The number of carbonyl (C=O) groups excluding carboxylic acids is 3. The maximum Gasteiger partial charge on any atom is 0.246 e. The van der Waals surface area contributed by atoms with Crippen LogP contribution in [0.25, 0.3) is 5.70 Å². The van der Waals surface area contributed by atoms with E-state index in [0.29, 0.717) is 37.3 Å². The fourth-order valence-corrected chi connectivity index (χ4v) is 5.88. The Morgan fingerprint density at radius 1 is 1.15 bits per heavy atom. The van der Waals surface area contributed by atoms with E-state index in [1.54, 1.807) is 32.3 Å². The lowest BCUT2D eigenvalue weighted by atomic mass is 9.85. The predicted molar refractivity (Wildman–Crippen MR) is 151 cm³/mol. The number of amides is 3. The number of nitrogens with one attached hydrogen (secondary N) is 2. The van der Waals surface area contributed by atoms with E-state index in [-0.39, 0.29) is 47.5 Å². The van der Waals surface area contributed by atoms with Gasteiger partial charge in [-0.1, -0.05) is 20.8 Å². The summed E-state index contributed by atoms with van der Waals surface area (Å²) in [7, 11) is 1.70. The average Bonchev–Trinajstić information content (AvgIpc) is 3.57. The summed E-state index contributed by atoms with van der Waals surface area (Å²) >= 11 is 0. The molecule has 6 N–H and O–H groups in total. The molecule has 220 valence electrons. The van der Waals surface area contributed by atoms with Crippen molar-refractivity contribution < 1.29 is 18.8 Å². The third kappa shape index (κ3) is 6.41. The molecule has 0 bridgehead atoms. The van der Waals surface area contributed by atoms with Crippen LogP contribution in [0.1, 0.15) is 52.5 Å². The van der Waals surface area contributed by atoms with Crippen LogP contribution >= 0.6 is 0 Å². The van der Waals surface area contributed by atoms with E-state index in [1.165, 1.54) is 17.1 Å². The maximum atomic E-state index is 14.1. The standard InChI is InChI=1S/C29H44FN7O3/c1-17(33-5)26(38)34-25(29(2,3)4)28(40)36-13-12-23-24(36)20(15-37(23)27(39)19-6-7-19)14-35(32)16-22(31)18-8-10-21(30)11-9-18/h8-11,16-17,19-20,23-25,33H,6-7,12-15,31-32H2,1-5H3,(H,34,38)/b22-16-/t17-,20-,23?,24+,25?/m0/s1. The summed E-state index contributed by atoms with van der Waals surface area (Å²) in [6, 6.07) is 4.35. The van der Waals surface area contributed by atoms with Crippen molar-refractivity contribution in [2.24, 2.45) is 28.8 Å². The molecule has 3 aliphatic rings. The van der Waals surface area contributed by atoms with Crippen LogP contribution in [0.3, 0.4) is 0 Å². The molecule has 3 amide bonds. The summed E-state index contributed by atoms with van der Waals surface area (Å²) < 4.78 is 13.3. The van der Waals surface area contributed by atoms with Gasteiger partial charge in [-0.05, 0) is 68.5 Å². The highest BCUT2D eigenvalue weighted by Crippen LogP contribution is 2.41. The Kier molecular flexibility index (Phi) is 8.75. The highest BCUT2D eigenvalue weighted by atomic mass is 19.1. The lowest BCUT2D eigenvalue weighted by molar-refractivity contribution is -0.141. The van der Waals surface area contributed by atoms with Gasteiger partial charge in [0, 0.05) is 37.7 Å². The van der Waals surface area contributed by atoms with Gasteiger partial charge < -0.3 is 31.2 Å². The summed E-state index contributed by atoms with van der Waals surface area (Å²) in [6.07, 6.45) is 4.09. The highest BCUT2D eigenvalue weighted by molar-refractivity contribution is 5.91. The SMILES string of the molecule is CN[C@@H](C)C(=O)NC(C(=O)N1CCC2[C@H]1[C@@H](CN(N)/C=C(\N)c1ccc(F)cc1)CN2C(=O)C1CC1)C(C)(C)C. The Morgan fingerprint density at radius 2 is 1.80 bits per heavy atom. The minimum Gasteiger partial charge on any atom is -0.397 e. The van der Waals surface area contributed by atoms with Crippen LogP contribution < -0.4 is 22.2 Å². The number of nitrogens with two attached hydrogens (primary N) is 2. The topological polar surface area (TPSA) is 137 Å². The summed E-state index contributed by atoms with van der Waals surface area (Å²) in [5.74, 6) is 5.76. The third-order valence-electron chi connectivity index (χ3n) is 8.38. The molecule has 0 spiro atoms. The van der Waals surface area contributed by atoms with E-state index >= 15 is 0 Å². The van der Waals surface area contributed by atoms with Crippen molar-refractivity contribution in [3.63, 3.8) is 0 Å². The van der Waals surface area contributed by atoms with Gasteiger partial charge in [0.15, 0.2) is 0 Å². The zero-order valence-corrected chi connectivity index (χ0v) is 24.2. The normalized spacial score (nSPS) is 24.5. The van der Waals surface area contributed by atoms with Crippen molar-refractivity contribution in [3.05, 3.63) is 41.8 Å². The smallest absolute Gasteiger partial charge is 0.246 e. The zero-order valence-electron chi connectivity index (χ0n) is 24.2. The number of rotatable bonds is 9. The largest absolute Gasteiger partial charge is 0.397 e. The van der Waals surface area contributed by atoms with Gasteiger partial charge in [0.2, 0.25) is 17.7 Å². The van der Waals surface area contributed by atoms with Gasteiger partial charge in [0.1, 0.15) is 11.9 Å². The molecule has 0 radical (unpaired) electrons. The van der Waals surface area contributed by atoms with Gasteiger partial charge in [-0.2, -0.15) is 0 Å². The number of benzene rings is 1. The van der Waals surface area contributed by atoms with Crippen molar-refractivity contribution in [2.45, 2.75) is 71.1 Å². The predicted octanol–water partition coefficient (Wildman–Crippen LogP) is 1.24. The monoisotopic (exact) mass is 557 g/mol. The molecule has 1 aliphatic carbocycles. The van der Waals surface area contributed by atoms with Crippen LogP contribution in [0.5, 0.6) is 0 Å². The van der Waals surface area contributed by atoms with Crippen LogP contribution in [-0.4, -0.2) is 83.4 Å². The first-order valence-corrected chi connectivity index (χ1v) is 14.1. The van der Waals surface area contributed by atoms with Crippen LogP contribution in [0.2, 0.25) is 0 Å². The van der Waals surface area contributed by atoms with E-state index in [1.807, 2.05) is 30.6 Å². The number of hydrogen-bond donors (Lipinski definition) is 4. The molecule has 4 rings (SSSR count). The third-order valence-corrected chi connectivity index (χ3v) is 8.38. The van der Waals surface area contributed by atoms with Crippen molar-refractivity contribution in [2.75, 3.05) is 26.7 Å². The van der Waals surface area contributed by atoms with Gasteiger partial charge in [-0.25, -0.2) is 10.2 Å². The van der Waals surface area contributed by atoms with Crippen LogP contribution in [0.15, 0.2) is 30.5 Å². The molecule has 2 aliphatic heterocycles. The molecule has 2 unspecified atom stereocenters. The second kappa shape index (κ2) is 11.7. The van der Waals surface area contributed by atoms with E-state index in [2.05, 4.69) is 10.6 Å². The molecule has 2 saturated heterocycles. The Labute approximate surface area is 236 Å². The van der Waals surface area contributed by atoms with Gasteiger partial charge in [0.05, 0.1) is 23.8 Å². The second-order valence-electron chi connectivity index (χ2n) is 12.5. The molecule has 11 heteroatoms. The number of carbonyl (C=O) groups is 3. The average molecular weight is 558 g/mol. The Hall–Kier alpha value is -3.18. The number of likely N-dealkylation sites (tertiary alicyclic amines) is 2. The molecule has 10 nitrogen and oxygen atoms in total. The lowest BCUT2D eigenvalue weighted by Crippen LogP contribution is -2.59. The van der Waals surface area contributed by atoms with Crippen molar-refractivity contribution in [1.29, 1.82) is 0 Å².